The Labute approximate surface area is 554 Å². The largest absolute Gasteiger partial charge is 0.445 e. The predicted octanol–water partition coefficient (Wildman–Crippen LogP) is 5.08. The van der Waals surface area contributed by atoms with E-state index in [1.807, 2.05) is 32.0 Å². The van der Waals surface area contributed by atoms with E-state index in [2.05, 4.69) is 31.9 Å². The number of carbonyl (C=O) groups is 11. The second kappa shape index (κ2) is 38.4. The SMILES string of the molecule is CC[C@H](C)[C@@H]([C@@H](CC(=O)N1CCC[C@H]1[C@H](OC)[C@@H](C)C(=O)N[C@H](C)[C@@H](O)c1ccccc1)OC)N(C)C(=O)[C@@H](NC(=O)C(C(C)C)N(C)C(=O)OCc1ccc(NC(=O)[C@@H](CCCNC(N)=O)NC(=O)[C@H](NC(=O)CCCCCN2C(=O)C=CC2=O)C(C)C)cc1)C(C)C. The van der Waals surface area contributed by atoms with E-state index in [1.165, 1.54) is 38.3 Å². The molecule has 0 bridgehead atoms. The number of hydrogen-bond acceptors (Lipinski definition) is 15. The molecule has 1 saturated heterocycles. The third-order valence-corrected chi connectivity index (χ3v) is 17.7. The fourth-order valence-electron chi connectivity index (χ4n) is 12.1. The number of unbranched alkanes of at least 4 members (excludes halogenated alkanes) is 2. The van der Waals surface area contributed by atoms with E-state index in [1.54, 1.807) is 109 Å². The van der Waals surface area contributed by atoms with Gasteiger partial charge in [-0.2, -0.15) is 0 Å². The van der Waals surface area contributed by atoms with Crippen LogP contribution >= 0.6 is 0 Å². The molecule has 94 heavy (non-hydrogen) atoms. The maximum atomic E-state index is 14.8. The van der Waals surface area contributed by atoms with Gasteiger partial charge in [-0.05, 0) is 92.4 Å². The van der Waals surface area contributed by atoms with Crippen molar-refractivity contribution in [1.82, 2.24) is 46.2 Å². The van der Waals surface area contributed by atoms with Crippen molar-refractivity contribution in [3.63, 3.8) is 0 Å². The molecule has 0 aromatic heterocycles. The highest BCUT2D eigenvalue weighted by Crippen LogP contribution is 2.31. The maximum Gasteiger partial charge on any atom is 0.410 e. The first-order valence-electron chi connectivity index (χ1n) is 32.9. The number of rotatable bonds is 38. The van der Waals surface area contributed by atoms with Crippen LogP contribution < -0.4 is 37.6 Å². The molecule has 2 aromatic rings. The minimum atomic E-state index is -1.11. The van der Waals surface area contributed by atoms with E-state index < -0.39 is 114 Å². The van der Waals surface area contributed by atoms with E-state index in [4.69, 9.17) is 19.9 Å². The summed E-state index contributed by atoms with van der Waals surface area (Å²) in [5.41, 5.74) is 6.77. The molecule has 0 spiro atoms. The maximum absolute atomic E-state index is 14.8. The lowest BCUT2D eigenvalue weighted by atomic mass is 9.89. The van der Waals surface area contributed by atoms with Crippen molar-refractivity contribution in [2.75, 3.05) is 53.3 Å². The second-order valence-corrected chi connectivity index (χ2v) is 25.8. The number of nitrogens with two attached hydrogens (primary N) is 1. The monoisotopic (exact) mass is 1320 g/mol. The molecule has 2 aliphatic heterocycles. The van der Waals surface area contributed by atoms with E-state index in [-0.39, 0.29) is 86.8 Å². The van der Waals surface area contributed by atoms with Crippen LogP contribution in [0.5, 0.6) is 0 Å². The van der Waals surface area contributed by atoms with Crippen LogP contribution in [0, 0.1) is 29.6 Å². The van der Waals surface area contributed by atoms with E-state index >= 15 is 0 Å². The van der Waals surface area contributed by atoms with Gasteiger partial charge in [0.05, 0.1) is 48.8 Å². The van der Waals surface area contributed by atoms with Crippen molar-refractivity contribution < 1.29 is 72.1 Å². The highest BCUT2D eigenvalue weighted by Gasteiger charge is 2.44. The number of ether oxygens (including phenoxy) is 3. The molecular weight excluding hydrogens is 1210 g/mol. The lowest BCUT2D eigenvalue weighted by Gasteiger charge is -2.41. The average molecular weight is 1320 g/mol. The molecule has 2 aromatic carbocycles. The Kier molecular flexibility index (Phi) is 32.1. The Bertz CT molecular complexity index is 2880. The van der Waals surface area contributed by atoms with Gasteiger partial charge in [-0.1, -0.05) is 118 Å². The Morgan fingerprint density at radius 2 is 1.35 bits per heavy atom. The number of benzene rings is 2. The Balaban J connectivity index is 1.37. The Morgan fingerprint density at radius 1 is 0.713 bits per heavy atom. The summed E-state index contributed by atoms with van der Waals surface area (Å²) in [7, 11) is 6.08. The lowest BCUT2D eigenvalue weighted by molar-refractivity contribution is -0.148. The number of aliphatic hydroxyl groups is 1. The number of imide groups is 1. The predicted molar refractivity (Wildman–Crippen MR) is 353 cm³/mol. The molecule has 12 atom stereocenters. The number of primary amides is 1. The van der Waals surface area contributed by atoms with Crippen molar-refractivity contribution in [3.05, 3.63) is 77.9 Å². The molecule has 0 saturated carbocycles. The molecular formula is C68H105N11O15. The fourth-order valence-corrected chi connectivity index (χ4v) is 12.1. The number of nitrogens with zero attached hydrogens (tertiary/aromatic N) is 4. The molecule has 12 amide bonds. The van der Waals surface area contributed by atoms with Crippen molar-refractivity contribution >= 4 is 71.0 Å². The summed E-state index contributed by atoms with van der Waals surface area (Å²) in [5.74, 6) is -6.02. The minimum Gasteiger partial charge on any atom is -0.445 e. The number of carbonyl (C=O) groups excluding carboxylic acids is 11. The summed E-state index contributed by atoms with van der Waals surface area (Å²) in [6, 6.07) is 8.74. The highest BCUT2D eigenvalue weighted by atomic mass is 16.6. The molecule has 26 nitrogen and oxygen atoms in total. The summed E-state index contributed by atoms with van der Waals surface area (Å²) in [6.45, 7) is 18.6. The van der Waals surface area contributed by atoms with Crippen LogP contribution in [0.25, 0.3) is 0 Å². The van der Waals surface area contributed by atoms with Crippen molar-refractivity contribution in [2.24, 2.45) is 35.3 Å². The van der Waals surface area contributed by atoms with Gasteiger partial charge in [0.2, 0.25) is 41.4 Å². The first-order valence-corrected chi connectivity index (χ1v) is 32.9. The number of aliphatic hydroxyl groups excluding tert-OH is 1. The third-order valence-electron chi connectivity index (χ3n) is 17.7. The molecule has 0 radical (unpaired) electrons. The van der Waals surface area contributed by atoms with Crippen LogP contribution in [0.2, 0.25) is 0 Å². The standard InChI is InChI=1S/C68H105N11O15/c1-15-43(8)59(51(92-13)38-55(83)78-37-23-27-50(78)61(93-14)44(9)62(85)71-45(10)60(84)47-24-18-16-19-25-47)76(11)66(89)57(41(4)5)75-65(88)58(42(6)7)77(12)68(91)94-39-46-29-31-48(32-30-46)72-63(86)49(26-22-35-70-67(69)90)73-64(87)56(40(2)3)74-52(80)28-20-17-21-36-79-53(81)33-34-54(79)82/h16,18-19,24-25,29-34,40-45,49-51,56-61,84H,15,17,20-23,26-28,35-39H2,1-14H3,(H,71,85)(H,72,86)(H,73,87)(H,74,80)(H,75,88)(H3,69,70,90)/t43-,44+,45+,49+,50-,51+,56+,57-,58?,59-,60+,61+/m0/s1. The average Bonchev–Trinajstić information content (AvgIpc) is 1.33. The van der Waals surface area contributed by atoms with Gasteiger partial charge in [0.25, 0.3) is 11.8 Å². The van der Waals surface area contributed by atoms with Crippen LogP contribution in [-0.2, 0) is 64.0 Å². The molecule has 2 aliphatic rings. The van der Waals surface area contributed by atoms with Crippen molar-refractivity contribution in [1.29, 1.82) is 0 Å². The van der Waals surface area contributed by atoms with Gasteiger partial charge >= 0.3 is 12.1 Å². The summed E-state index contributed by atoms with van der Waals surface area (Å²) in [6.07, 6.45) is 2.94. The van der Waals surface area contributed by atoms with Gasteiger partial charge in [-0.3, -0.25) is 53.0 Å². The first kappa shape index (κ1) is 78.5. The van der Waals surface area contributed by atoms with Gasteiger partial charge in [-0.25, -0.2) is 9.59 Å². The summed E-state index contributed by atoms with van der Waals surface area (Å²) in [5, 5.41) is 27.6. The molecule has 9 N–H and O–H groups in total. The summed E-state index contributed by atoms with van der Waals surface area (Å²) < 4.78 is 17.7. The van der Waals surface area contributed by atoms with E-state index in [0.717, 1.165) is 4.90 Å². The number of methoxy groups -OCH3 is 2. The smallest absolute Gasteiger partial charge is 0.410 e. The van der Waals surface area contributed by atoms with Gasteiger partial charge in [0.15, 0.2) is 0 Å². The van der Waals surface area contributed by atoms with Gasteiger partial charge in [-0.15, -0.1) is 0 Å². The van der Waals surface area contributed by atoms with E-state index in [0.29, 0.717) is 61.9 Å². The highest BCUT2D eigenvalue weighted by molar-refractivity contribution is 6.12. The summed E-state index contributed by atoms with van der Waals surface area (Å²) >= 11 is 0. The van der Waals surface area contributed by atoms with Gasteiger partial charge in [0.1, 0.15) is 30.8 Å². The normalized spacial score (nSPS) is 17.4. The summed E-state index contributed by atoms with van der Waals surface area (Å²) in [4.78, 5) is 152. The van der Waals surface area contributed by atoms with Crippen LogP contribution in [0.1, 0.15) is 151 Å². The molecule has 4 rings (SSSR count). The zero-order chi connectivity index (χ0) is 70.1. The quantitative estimate of drug-likeness (QED) is 0.0321. The van der Waals surface area contributed by atoms with Crippen LogP contribution in [0.4, 0.5) is 15.3 Å². The number of amides is 12. The first-order chi connectivity index (χ1) is 44.5. The Hall–Kier alpha value is -7.97. The minimum absolute atomic E-state index is 0.0841. The molecule has 522 valence electrons. The molecule has 26 heteroatoms. The number of nitrogens with one attached hydrogen (secondary N) is 6. The molecule has 1 fully saturated rings. The lowest BCUT2D eigenvalue weighted by Crippen LogP contribution is -2.60. The van der Waals surface area contributed by atoms with Gasteiger partial charge < -0.3 is 66.8 Å². The van der Waals surface area contributed by atoms with Gasteiger partial charge in [0, 0.05) is 72.2 Å². The van der Waals surface area contributed by atoms with Crippen LogP contribution in [0.3, 0.4) is 0 Å². The zero-order valence-electron chi connectivity index (χ0n) is 57.4. The Morgan fingerprint density at radius 3 is 1.93 bits per heavy atom. The number of likely N-dealkylation sites (tertiary alicyclic amines) is 1. The third kappa shape index (κ3) is 22.9. The molecule has 1 unspecified atom stereocenters. The number of anilines is 1. The van der Waals surface area contributed by atoms with Crippen LogP contribution in [0.15, 0.2) is 66.7 Å². The fraction of sp³-hybridized carbons (Fsp3) is 0.632. The van der Waals surface area contributed by atoms with Crippen molar-refractivity contribution in [2.45, 2.75) is 201 Å². The number of urea groups is 1. The zero-order valence-corrected chi connectivity index (χ0v) is 57.4. The topological polar surface area (TPSA) is 347 Å². The number of likely N-dealkylation sites (N-methyl/N-ethyl adjacent to an activating group) is 2. The number of hydrogen-bond donors (Lipinski definition) is 8. The molecule has 0 aliphatic carbocycles. The van der Waals surface area contributed by atoms with Crippen LogP contribution in [-0.4, -0.2) is 192 Å². The second-order valence-electron chi connectivity index (χ2n) is 25.8. The molecule has 2 heterocycles. The van der Waals surface area contributed by atoms with Crippen molar-refractivity contribution in [3.8, 4) is 0 Å². The van der Waals surface area contributed by atoms with E-state index in [9.17, 15) is 57.8 Å².